The molecule has 0 aliphatic rings. The van der Waals surface area contributed by atoms with E-state index in [1.807, 2.05) is 20.9 Å². The summed E-state index contributed by atoms with van der Waals surface area (Å²) in [6, 6.07) is 0. The molecule has 0 radical (unpaired) electrons. The van der Waals surface area contributed by atoms with Gasteiger partial charge in [0.2, 0.25) is 0 Å². The highest BCUT2D eigenvalue weighted by molar-refractivity contribution is 5.57. The second-order valence-electron chi connectivity index (χ2n) is 6.41. The zero-order chi connectivity index (χ0) is 16.0. The molecule has 0 aromatic carbocycles. The van der Waals surface area contributed by atoms with E-state index in [1.54, 1.807) is 0 Å². The summed E-state index contributed by atoms with van der Waals surface area (Å²) in [7, 11) is 1.86. The molecule has 1 atom stereocenters. The van der Waals surface area contributed by atoms with E-state index in [2.05, 4.69) is 41.4 Å². The first kappa shape index (κ1) is 17.7. The number of hydrogen-bond donors (Lipinski definition) is 3. The van der Waals surface area contributed by atoms with Gasteiger partial charge in [-0.15, -0.1) is 0 Å². The van der Waals surface area contributed by atoms with Gasteiger partial charge >= 0.3 is 0 Å². The van der Waals surface area contributed by atoms with Crippen LogP contribution in [0.1, 0.15) is 51.9 Å². The van der Waals surface area contributed by atoms with Gasteiger partial charge in [0.15, 0.2) is 0 Å². The highest BCUT2D eigenvalue weighted by Crippen LogP contribution is 2.22. The van der Waals surface area contributed by atoms with Crippen molar-refractivity contribution in [3.8, 4) is 0 Å². The number of rotatable bonds is 8. The zero-order valence-corrected chi connectivity index (χ0v) is 14.2. The minimum absolute atomic E-state index is 0.455. The predicted octanol–water partition coefficient (Wildman–Crippen LogP) is 2.99. The standard InChI is InChI=1S/C16H30N4O/c1-7-8-13-19-14(17-6)12(4)15(20-13)18-10-16(5,21)9-11(2)3/h11,21H,7-10H2,1-6H3,(H2,17,18,19,20). The first-order valence-corrected chi connectivity index (χ1v) is 7.80. The molecule has 0 saturated carbocycles. The van der Waals surface area contributed by atoms with Gasteiger partial charge < -0.3 is 15.7 Å². The molecule has 0 spiro atoms. The molecule has 0 fully saturated rings. The van der Waals surface area contributed by atoms with Gasteiger partial charge in [-0.2, -0.15) is 0 Å². The third-order valence-corrected chi connectivity index (χ3v) is 3.39. The lowest BCUT2D eigenvalue weighted by Crippen LogP contribution is -2.35. The van der Waals surface area contributed by atoms with Crippen LogP contribution in [0.4, 0.5) is 11.6 Å². The Balaban J connectivity index is 2.89. The SMILES string of the molecule is CCCc1nc(NC)c(C)c(NCC(C)(O)CC(C)C)n1. The second kappa shape index (κ2) is 7.59. The normalized spacial score (nSPS) is 14.1. The van der Waals surface area contributed by atoms with Gasteiger partial charge in [-0.05, 0) is 32.6 Å². The fourth-order valence-corrected chi connectivity index (χ4v) is 2.54. The molecule has 120 valence electrons. The van der Waals surface area contributed by atoms with E-state index >= 15 is 0 Å². The van der Waals surface area contributed by atoms with Crippen molar-refractivity contribution in [2.24, 2.45) is 5.92 Å². The Hall–Kier alpha value is -1.36. The van der Waals surface area contributed by atoms with Crippen molar-refractivity contribution in [2.45, 2.75) is 59.5 Å². The van der Waals surface area contributed by atoms with Crippen molar-refractivity contribution in [3.63, 3.8) is 0 Å². The minimum atomic E-state index is -0.740. The lowest BCUT2D eigenvalue weighted by atomic mass is 9.94. The molecule has 1 rings (SSSR count). The van der Waals surface area contributed by atoms with Gasteiger partial charge in [-0.3, -0.25) is 0 Å². The Morgan fingerprint density at radius 2 is 1.86 bits per heavy atom. The first-order valence-electron chi connectivity index (χ1n) is 7.80. The largest absolute Gasteiger partial charge is 0.388 e. The van der Waals surface area contributed by atoms with E-state index in [-0.39, 0.29) is 0 Å². The van der Waals surface area contributed by atoms with Gasteiger partial charge in [0.05, 0.1) is 5.60 Å². The summed E-state index contributed by atoms with van der Waals surface area (Å²) in [5, 5.41) is 16.8. The lowest BCUT2D eigenvalue weighted by molar-refractivity contribution is 0.0514. The summed E-state index contributed by atoms with van der Waals surface area (Å²) in [5.74, 6) is 2.94. The predicted molar refractivity (Wildman–Crippen MR) is 88.9 cm³/mol. The third kappa shape index (κ3) is 5.50. The van der Waals surface area contributed by atoms with E-state index < -0.39 is 5.60 Å². The molecule has 1 aromatic rings. The zero-order valence-electron chi connectivity index (χ0n) is 14.2. The summed E-state index contributed by atoms with van der Waals surface area (Å²) in [4.78, 5) is 9.09. The van der Waals surface area contributed by atoms with E-state index in [0.29, 0.717) is 12.5 Å². The van der Waals surface area contributed by atoms with Gasteiger partial charge in [-0.25, -0.2) is 9.97 Å². The van der Waals surface area contributed by atoms with Crippen molar-refractivity contribution in [1.29, 1.82) is 0 Å². The Kier molecular flexibility index (Phi) is 6.40. The smallest absolute Gasteiger partial charge is 0.134 e. The minimum Gasteiger partial charge on any atom is -0.388 e. The van der Waals surface area contributed by atoms with Gasteiger partial charge in [-0.1, -0.05) is 20.8 Å². The highest BCUT2D eigenvalue weighted by Gasteiger charge is 2.22. The molecule has 1 unspecified atom stereocenters. The van der Waals surface area contributed by atoms with Crippen LogP contribution >= 0.6 is 0 Å². The molecule has 1 aromatic heterocycles. The van der Waals surface area contributed by atoms with Crippen LogP contribution < -0.4 is 10.6 Å². The number of nitrogens with zero attached hydrogens (tertiary/aromatic N) is 2. The maximum absolute atomic E-state index is 10.4. The average molecular weight is 294 g/mol. The van der Waals surface area contributed by atoms with Crippen LogP contribution in [-0.4, -0.2) is 34.3 Å². The molecule has 0 aliphatic heterocycles. The Morgan fingerprint density at radius 1 is 1.24 bits per heavy atom. The Labute approximate surface area is 128 Å². The monoisotopic (exact) mass is 294 g/mol. The Bertz CT molecular complexity index is 458. The average Bonchev–Trinajstić information content (AvgIpc) is 2.37. The summed E-state index contributed by atoms with van der Waals surface area (Å²) >= 11 is 0. The molecule has 0 bridgehead atoms. The molecular formula is C16H30N4O. The van der Waals surface area contributed by atoms with Crippen LogP contribution in [0.2, 0.25) is 0 Å². The van der Waals surface area contributed by atoms with Crippen LogP contribution in [0.25, 0.3) is 0 Å². The van der Waals surface area contributed by atoms with Crippen LogP contribution in [0, 0.1) is 12.8 Å². The number of aliphatic hydroxyl groups is 1. The van der Waals surface area contributed by atoms with E-state index in [0.717, 1.165) is 42.3 Å². The van der Waals surface area contributed by atoms with Crippen LogP contribution in [-0.2, 0) is 6.42 Å². The number of aromatic nitrogens is 2. The van der Waals surface area contributed by atoms with Crippen LogP contribution in [0.5, 0.6) is 0 Å². The summed E-state index contributed by atoms with van der Waals surface area (Å²) in [6.07, 6.45) is 2.62. The van der Waals surface area contributed by atoms with Gasteiger partial charge in [0.1, 0.15) is 17.5 Å². The second-order valence-corrected chi connectivity index (χ2v) is 6.41. The fraction of sp³-hybridized carbons (Fsp3) is 0.750. The van der Waals surface area contributed by atoms with E-state index in [4.69, 9.17) is 0 Å². The fourth-order valence-electron chi connectivity index (χ4n) is 2.54. The molecule has 3 N–H and O–H groups in total. The number of anilines is 2. The first-order chi connectivity index (χ1) is 9.79. The van der Waals surface area contributed by atoms with Crippen molar-refractivity contribution in [2.75, 3.05) is 24.2 Å². The number of nitrogens with one attached hydrogen (secondary N) is 2. The Morgan fingerprint density at radius 3 is 2.38 bits per heavy atom. The molecule has 0 saturated heterocycles. The lowest BCUT2D eigenvalue weighted by Gasteiger charge is -2.26. The maximum Gasteiger partial charge on any atom is 0.134 e. The molecule has 5 heteroatoms. The van der Waals surface area contributed by atoms with E-state index in [1.165, 1.54) is 0 Å². The van der Waals surface area contributed by atoms with Crippen molar-refractivity contribution in [3.05, 3.63) is 11.4 Å². The van der Waals surface area contributed by atoms with E-state index in [9.17, 15) is 5.11 Å². The highest BCUT2D eigenvalue weighted by atomic mass is 16.3. The van der Waals surface area contributed by atoms with Crippen molar-refractivity contribution < 1.29 is 5.11 Å². The van der Waals surface area contributed by atoms with Crippen molar-refractivity contribution >= 4 is 11.6 Å². The molecule has 0 amide bonds. The summed E-state index contributed by atoms with van der Waals surface area (Å²) < 4.78 is 0. The van der Waals surface area contributed by atoms with Crippen molar-refractivity contribution in [1.82, 2.24) is 9.97 Å². The molecule has 21 heavy (non-hydrogen) atoms. The van der Waals surface area contributed by atoms with Crippen LogP contribution in [0.15, 0.2) is 0 Å². The molecule has 5 nitrogen and oxygen atoms in total. The number of aryl methyl sites for hydroxylation is 1. The summed E-state index contributed by atoms with van der Waals surface area (Å²) in [6.45, 7) is 10.7. The van der Waals surface area contributed by atoms with Gasteiger partial charge in [0.25, 0.3) is 0 Å². The van der Waals surface area contributed by atoms with Crippen LogP contribution in [0.3, 0.4) is 0 Å². The topological polar surface area (TPSA) is 70.1 Å². The summed E-state index contributed by atoms with van der Waals surface area (Å²) in [5.41, 5.74) is 0.244. The molecule has 1 heterocycles. The molecular weight excluding hydrogens is 264 g/mol. The third-order valence-electron chi connectivity index (χ3n) is 3.39. The quantitative estimate of drug-likeness (QED) is 0.687. The van der Waals surface area contributed by atoms with Gasteiger partial charge in [0, 0.05) is 25.6 Å². The number of hydrogen-bond acceptors (Lipinski definition) is 5. The maximum atomic E-state index is 10.4. The molecule has 0 aliphatic carbocycles.